The molecule has 0 saturated carbocycles. The lowest BCUT2D eigenvalue weighted by atomic mass is 10.1. The van der Waals surface area contributed by atoms with Crippen molar-refractivity contribution >= 4 is 5.91 Å². The fourth-order valence-electron chi connectivity index (χ4n) is 1.48. The molecule has 2 N–H and O–H groups in total. The SMILES string of the molecule is CCCCc1c[nH]c(=O)c(C(=O)NCC)c1. The normalized spacial score (nSPS) is 10.1. The van der Waals surface area contributed by atoms with E-state index in [2.05, 4.69) is 17.2 Å². The number of hydrogen-bond donors (Lipinski definition) is 2. The van der Waals surface area contributed by atoms with E-state index in [1.807, 2.05) is 6.92 Å². The lowest BCUT2D eigenvalue weighted by Gasteiger charge is -2.04. The second-order valence-corrected chi connectivity index (χ2v) is 3.71. The first-order valence-electron chi connectivity index (χ1n) is 5.68. The Morgan fingerprint density at radius 3 is 2.81 bits per heavy atom. The van der Waals surface area contributed by atoms with Crippen LogP contribution in [0.5, 0.6) is 0 Å². The lowest BCUT2D eigenvalue weighted by molar-refractivity contribution is 0.0954. The molecule has 0 saturated heterocycles. The highest BCUT2D eigenvalue weighted by atomic mass is 16.2. The average molecular weight is 222 g/mol. The first-order chi connectivity index (χ1) is 7.69. The van der Waals surface area contributed by atoms with Gasteiger partial charge in [-0.3, -0.25) is 9.59 Å². The van der Waals surface area contributed by atoms with E-state index in [1.165, 1.54) is 0 Å². The molecule has 88 valence electrons. The number of pyridine rings is 1. The van der Waals surface area contributed by atoms with Gasteiger partial charge in [-0.25, -0.2) is 0 Å². The second kappa shape index (κ2) is 6.10. The number of aromatic nitrogens is 1. The minimum atomic E-state index is -0.328. The third kappa shape index (κ3) is 3.22. The van der Waals surface area contributed by atoms with E-state index in [-0.39, 0.29) is 17.0 Å². The largest absolute Gasteiger partial charge is 0.352 e. The van der Waals surface area contributed by atoms with E-state index in [1.54, 1.807) is 12.3 Å². The molecule has 1 rings (SSSR count). The average Bonchev–Trinajstić information content (AvgIpc) is 2.28. The van der Waals surface area contributed by atoms with Crippen LogP contribution in [-0.4, -0.2) is 17.4 Å². The molecule has 0 aliphatic heterocycles. The van der Waals surface area contributed by atoms with E-state index >= 15 is 0 Å². The Bertz CT molecular complexity index is 410. The molecule has 0 fully saturated rings. The Morgan fingerprint density at radius 1 is 1.44 bits per heavy atom. The summed E-state index contributed by atoms with van der Waals surface area (Å²) in [4.78, 5) is 25.6. The standard InChI is InChI=1S/C12H18N2O2/c1-3-5-6-9-7-10(11(15)13-4-2)12(16)14-8-9/h7-8H,3-6H2,1-2H3,(H,13,15)(H,14,16). The Kier molecular flexibility index (Phi) is 4.76. The van der Waals surface area contributed by atoms with Crippen molar-refractivity contribution in [3.63, 3.8) is 0 Å². The molecule has 0 spiro atoms. The fraction of sp³-hybridized carbons (Fsp3) is 0.500. The van der Waals surface area contributed by atoms with E-state index in [0.717, 1.165) is 24.8 Å². The second-order valence-electron chi connectivity index (χ2n) is 3.71. The van der Waals surface area contributed by atoms with Crippen molar-refractivity contribution < 1.29 is 4.79 Å². The van der Waals surface area contributed by atoms with Crippen LogP contribution in [-0.2, 0) is 6.42 Å². The maximum absolute atomic E-state index is 11.6. The zero-order valence-corrected chi connectivity index (χ0v) is 9.80. The summed E-state index contributed by atoms with van der Waals surface area (Å²) in [6, 6.07) is 1.68. The Labute approximate surface area is 95.1 Å². The third-order valence-electron chi connectivity index (χ3n) is 2.36. The van der Waals surface area contributed by atoms with Gasteiger partial charge in [-0.15, -0.1) is 0 Å². The van der Waals surface area contributed by atoms with E-state index < -0.39 is 0 Å². The van der Waals surface area contributed by atoms with Gasteiger partial charge >= 0.3 is 0 Å². The summed E-state index contributed by atoms with van der Waals surface area (Å²) in [5.41, 5.74) is 0.879. The fourth-order valence-corrected chi connectivity index (χ4v) is 1.48. The summed E-state index contributed by atoms with van der Waals surface area (Å²) < 4.78 is 0. The van der Waals surface area contributed by atoms with Crippen molar-refractivity contribution in [2.75, 3.05) is 6.54 Å². The Hall–Kier alpha value is -1.58. The van der Waals surface area contributed by atoms with Gasteiger partial charge in [-0.1, -0.05) is 13.3 Å². The number of aryl methyl sites for hydroxylation is 1. The summed E-state index contributed by atoms with van der Waals surface area (Å²) in [6.07, 6.45) is 4.72. The van der Waals surface area contributed by atoms with Gasteiger partial charge in [0, 0.05) is 12.7 Å². The van der Waals surface area contributed by atoms with Gasteiger partial charge in [0.15, 0.2) is 0 Å². The highest BCUT2D eigenvalue weighted by Gasteiger charge is 2.09. The molecule has 0 radical (unpaired) electrons. The van der Waals surface area contributed by atoms with E-state index in [0.29, 0.717) is 6.54 Å². The van der Waals surface area contributed by atoms with Crippen molar-refractivity contribution in [2.24, 2.45) is 0 Å². The predicted octanol–water partition coefficient (Wildman–Crippen LogP) is 1.47. The molecule has 4 heteroatoms. The highest BCUT2D eigenvalue weighted by molar-refractivity contribution is 5.93. The summed E-state index contributed by atoms with van der Waals surface area (Å²) >= 11 is 0. The van der Waals surface area contributed by atoms with Crippen molar-refractivity contribution in [1.82, 2.24) is 10.3 Å². The third-order valence-corrected chi connectivity index (χ3v) is 2.36. The molecule has 0 atom stereocenters. The van der Waals surface area contributed by atoms with Gasteiger partial charge in [-0.05, 0) is 31.4 Å². The first-order valence-corrected chi connectivity index (χ1v) is 5.68. The monoisotopic (exact) mass is 222 g/mol. The molecule has 0 aliphatic rings. The number of carbonyl (C=O) groups excluding carboxylic acids is 1. The van der Waals surface area contributed by atoms with Crippen LogP contribution in [0.25, 0.3) is 0 Å². The molecule has 0 bridgehead atoms. The van der Waals surface area contributed by atoms with E-state index in [4.69, 9.17) is 0 Å². The molecule has 1 amide bonds. The molecule has 1 aromatic rings. The number of aromatic amines is 1. The molecule has 1 aromatic heterocycles. The molecule has 16 heavy (non-hydrogen) atoms. The molecular formula is C12H18N2O2. The van der Waals surface area contributed by atoms with Crippen molar-refractivity contribution in [2.45, 2.75) is 33.1 Å². The quantitative estimate of drug-likeness (QED) is 0.792. The molecule has 0 aliphatic carbocycles. The zero-order valence-electron chi connectivity index (χ0n) is 9.80. The van der Waals surface area contributed by atoms with Crippen molar-refractivity contribution in [3.05, 3.63) is 33.7 Å². The summed E-state index contributed by atoms with van der Waals surface area (Å²) in [7, 11) is 0. The number of carbonyl (C=O) groups is 1. The van der Waals surface area contributed by atoms with Crippen LogP contribution >= 0.6 is 0 Å². The van der Waals surface area contributed by atoms with Crippen LogP contribution in [0.15, 0.2) is 17.1 Å². The van der Waals surface area contributed by atoms with Crippen LogP contribution in [0.4, 0.5) is 0 Å². The van der Waals surface area contributed by atoms with Gasteiger partial charge < -0.3 is 10.3 Å². The van der Waals surface area contributed by atoms with Crippen LogP contribution in [0.2, 0.25) is 0 Å². The smallest absolute Gasteiger partial charge is 0.260 e. The Balaban J connectivity index is 2.90. The van der Waals surface area contributed by atoms with Gasteiger partial charge in [-0.2, -0.15) is 0 Å². The van der Waals surface area contributed by atoms with Gasteiger partial charge in [0.05, 0.1) is 0 Å². The minimum absolute atomic E-state index is 0.204. The zero-order chi connectivity index (χ0) is 12.0. The van der Waals surface area contributed by atoms with Gasteiger partial charge in [0.25, 0.3) is 11.5 Å². The first kappa shape index (κ1) is 12.5. The number of H-pyrrole nitrogens is 1. The molecule has 1 heterocycles. The maximum atomic E-state index is 11.6. The van der Waals surface area contributed by atoms with Gasteiger partial charge in [0.2, 0.25) is 0 Å². The molecule has 0 aromatic carbocycles. The maximum Gasteiger partial charge on any atom is 0.260 e. The predicted molar refractivity (Wildman–Crippen MR) is 63.7 cm³/mol. The number of unbranched alkanes of at least 4 members (excludes halogenated alkanes) is 1. The van der Waals surface area contributed by atoms with Crippen LogP contribution in [0.1, 0.15) is 42.6 Å². The van der Waals surface area contributed by atoms with E-state index in [9.17, 15) is 9.59 Å². The lowest BCUT2D eigenvalue weighted by Crippen LogP contribution is -2.29. The number of nitrogens with one attached hydrogen (secondary N) is 2. The molecular weight excluding hydrogens is 204 g/mol. The number of amides is 1. The summed E-state index contributed by atoms with van der Waals surface area (Å²) in [6.45, 7) is 4.46. The summed E-state index contributed by atoms with van der Waals surface area (Å²) in [5, 5.41) is 2.63. The Morgan fingerprint density at radius 2 is 2.19 bits per heavy atom. The number of rotatable bonds is 5. The molecule has 0 unspecified atom stereocenters. The minimum Gasteiger partial charge on any atom is -0.352 e. The van der Waals surface area contributed by atoms with Crippen molar-refractivity contribution in [1.29, 1.82) is 0 Å². The number of hydrogen-bond acceptors (Lipinski definition) is 2. The van der Waals surface area contributed by atoms with Crippen LogP contribution < -0.4 is 10.9 Å². The van der Waals surface area contributed by atoms with Crippen molar-refractivity contribution in [3.8, 4) is 0 Å². The van der Waals surface area contributed by atoms with Gasteiger partial charge in [0.1, 0.15) is 5.56 Å². The van der Waals surface area contributed by atoms with Crippen LogP contribution in [0.3, 0.4) is 0 Å². The highest BCUT2D eigenvalue weighted by Crippen LogP contribution is 2.04. The summed E-state index contributed by atoms with van der Waals surface area (Å²) in [5.74, 6) is -0.304. The van der Waals surface area contributed by atoms with Crippen LogP contribution in [0, 0.1) is 0 Å². The molecule has 4 nitrogen and oxygen atoms in total. The topological polar surface area (TPSA) is 62.0 Å².